The molecule has 0 N–H and O–H groups in total. The molecule has 0 saturated carbocycles. The minimum atomic E-state index is 0.758. The van der Waals surface area contributed by atoms with Crippen molar-refractivity contribution >= 4 is 27.8 Å². The molecule has 4 rings (SSSR count). The minimum absolute atomic E-state index is 0.758. The fraction of sp³-hybridized carbons (Fsp3) is 0.0455. The Morgan fingerprint density at radius 2 is 1.13 bits per heavy atom. The van der Waals surface area contributed by atoms with Crippen LogP contribution in [0.2, 0.25) is 0 Å². The quantitative estimate of drug-likeness (QED) is 0.406. The van der Waals surface area contributed by atoms with Crippen LogP contribution in [0.15, 0.2) is 84.9 Å². The van der Waals surface area contributed by atoms with Crippen molar-refractivity contribution in [2.75, 3.05) is 0 Å². The molecule has 0 atom stereocenters. The number of carbonyl (C=O) groups excluding carboxylic acids is 1. The van der Waals surface area contributed by atoms with Crippen molar-refractivity contribution < 1.29 is 4.79 Å². The maximum atomic E-state index is 10.6. The molecule has 1 heteroatoms. The van der Waals surface area contributed by atoms with Crippen molar-refractivity contribution in [2.24, 2.45) is 0 Å². The molecule has 0 aliphatic rings. The summed E-state index contributed by atoms with van der Waals surface area (Å²) in [6.45, 7) is 2.14. The highest BCUT2D eigenvalue weighted by Crippen LogP contribution is 2.17. The second-order valence-electron chi connectivity index (χ2n) is 5.48. The fourth-order valence-corrected chi connectivity index (χ4v) is 2.74. The third kappa shape index (κ3) is 3.29. The van der Waals surface area contributed by atoms with Crippen LogP contribution >= 0.6 is 0 Å². The standard InChI is InChI=1S/C11H8O.C11H10/c12-8-10-6-3-5-9-4-1-2-7-11(9)10;1-9-5-4-7-10-6-2-3-8-11(9)10/h1-8H;2-8H,1H3. The molecule has 1 nitrogen and oxygen atoms in total. The van der Waals surface area contributed by atoms with Gasteiger partial charge in [0.15, 0.2) is 6.29 Å². The summed E-state index contributed by atoms with van der Waals surface area (Å²) in [7, 11) is 0. The van der Waals surface area contributed by atoms with E-state index >= 15 is 0 Å². The molecule has 4 aromatic carbocycles. The molecule has 23 heavy (non-hydrogen) atoms. The number of hydrogen-bond donors (Lipinski definition) is 0. The van der Waals surface area contributed by atoms with Gasteiger partial charge in [0.25, 0.3) is 0 Å². The van der Waals surface area contributed by atoms with E-state index in [9.17, 15) is 4.79 Å². The average molecular weight is 298 g/mol. The monoisotopic (exact) mass is 298 g/mol. The zero-order valence-electron chi connectivity index (χ0n) is 13.1. The Morgan fingerprint density at radius 1 is 0.609 bits per heavy atom. The predicted molar refractivity (Wildman–Crippen MR) is 98.0 cm³/mol. The molecule has 0 saturated heterocycles. The van der Waals surface area contributed by atoms with Crippen molar-refractivity contribution in [3.05, 3.63) is 96.1 Å². The first kappa shape index (κ1) is 15.0. The van der Waals surface area contributed by atoms with E-state index in [1.165, 1.54) is 16.3 Å². The smallest absolute Gasteiger partial charge is 0.150 e. The van der Waals surface area contributed by atoms with Crippen LogP contribution in [0, 0.1) is 6.92 Å². The molecule has 0 aliphatic carbocycles. The zero-order chi connectivity index (χ0) is 16.1. The Bertz CT molecular complexity index is 943. The molecule has 0 bridgehead atoms. The van der Waals surface area contributed by atoms with Crippen LogP contribution < -0.4 is 0 Å². The SMILES string of the molecule is Cc1cccc2ccccc12.O=Cc1cccc2ccccc12. The lowest BCUT2D eigenvalue weighted by Crippen LogP contribution is -1.81. The van der Waals surface area contributed by atoms with Gasteiger partial charge in [0.1, 0.15) is 0 Å². The van der Waals surface area contributed by atoms with Crippen LogP contribution in [0.5, 0.6) is 0 Å². The highest BCUT2D eigenvalue weighted by Gasteiger charge is 1.96. The van der Waals surface area contributed by atoms with Gasteiger partial charge in [0.2, 0.25) is 0 Å². The summed E-state index contributed by atoms with van der Waals surface area (Å²) in [5, 5.41) is 4.82. The van der Waals surface area contributed by atoms with Gasteiger partial charge in [-0.2, -0.15) is 0 Å². The van der Waals surface area contributed by atoms with E-state index in [2.05, 4.69) is 49.4 Å². The van der Waals surface area contributed by atoms with Crippen molar-refractivity contribution in [3.63, 3.8) is 0 Å². The average Bonchev–Trinajstić information content (AvgIpc) is 2.62. The van der Waals surface area contributed by atoms with E-state index in [0.717, 1.165) is 22.6 Å². The lowest BCUT2D eigenvalue weighted by atomic mass is 10.1. The number of rotatable bonds is 1. The summed E-state index contributed by atoms with van der Waals surface area (Å²) in [4.78, 5) is 10.6. The number of hydrogen-bond acceptors (Lipinski definition) is 1. The number of carbonyl (C=O) groups is 1. The molecule has 0 heterocycles. The Kier molecular flexibility index (Phi) is 4.49. The van der Waals surface area contributed by atoms with Gasteiger partial charge in [-0.3, -0.25) is 4.79 Å². The number of fused-ring (bicyclic) bond motifs is 2. The maximum Gasteiger partial charge on any atom is 0.150 e. The predicted octanol–water partition coefficient (Wildman–Crippen LogP) is 5.80. The van der Waals surface area contributed by atoms with Crippen LogP contribution in [0.3, 0.4) is 0 Å². The van der Waals surface area contributed by atoms with Crippen molar-refractivity contribution in [2.45, 2.75) is 6.92 Å². The van der Waals surface area contributed by atoms with Crippen molar-refractivity contribution in [1.82, 2.24) is 0 Å². The second kappa shape index (κ2) is 6.89. The number of benzene rings is 4. The Labute approximate surface area is 136 Å². The largest absolute Gasteiger partial charge is 0.298 e. The first-order chi connectivity index (χ1) is 11.3. The van der Waals surface area contributed by atoms with Crippen LogP contribution in [-0.2, 0) is 0 Å². The van der Waals surface area contributed by atoms with Gasteiger partial charge in [0, 0.05) is 5.56 Å². The molecule has 0 aromatic heterocycles. The number of aldehydes is 1. The van der Waals surface area contributed by atoms with Gasteiger partial charge < -0.3 is 0 Å². The zero-order valence-corrected chi connectivity index (χ0v) is 13.1. The van der Waals surface area contributed by atoms with E-state index < -0.39 is 0 Å². The van der Waals surface area contributed by atoms with Crippen LogP contribution in [0.4, 0.5) is 0 Å². The molecule has 0 spiro atoms. The van der Waals surface area contributed by atoms with Gasteiger partial charge >= 0.3 is 0 Å². The van der Waals surface area contributed by atoms with Gasteiger partial charge in [-0.05, 0) is 34.0 Å². The van der Waals surface area contributed by atoms with E-state index in [-0.39, 0.29) is 0 Å². The maximum absolute atomic E-state index is 10.6. The van der Waals surface area contributed by atoms with Crippen LogP contribution in [0.25, 0.3) is 21.5 Å². The first-order valence-electron chi connectivity index (χ1n) is 7.67. The molecule has 0 amide bonds. The normalized spacial score (nSPS) is 10.1. The molecular weight excluding hydrogens is 280 g/mol. The lowest BCUT2D eigenvalue weighted by Gasteiger charge is -1.98. The summed E-state index contributed by atoms with van der Waals surface area (Å²) in [5.74, 6) is 0. The Morgan fingerprint density at radius 3 is 1.78 bits per heavy atom. The lowest BCUT2D eigenvalue weighted by molar-refractivity contribution is 0.112. The fourth-order valence-electron chi connectivity index (χ4n) is 2.74. The van der Waals surface area contributed by atoms with E-state index in [1.807, 2.05) is 42.5 Å². The summed E-state index contributed by atoms with van der Waals surface area (Å²) in [6.07, 6.45) is 0.891. The third-order valence-corrected chi connectivity index (χ3v) is 3.96. The molecule has 4 aromatic rings. The minimum Gasteiger partial charge on any atom is -0.298 e. The molecule has 0 fully saturated rings. The Balaban J connectivity index is 0.000000136. The Hall–Kier alpha value is -2.93. The van der Waals surface area contributed by atoms with Gasteiger partial charge in [-0.25, -0.2) is 0 Å². The third-order valence-electron chi connectivity index (χ3n) is 3.96. The van der Waals surface area contributed by atoms with Crippen molar-refractivity contribution in [1.29, 1.82) is 0 Å². The highest BCUT2D eigenvalue weighted by atomic mass is 16.1. The van der Waals surface area contributed by atoms with Crippen LogP contribution in [-0.4, -0.2) is 6.29 Å². The summed E-state index contributed by atoms with van der Waals surface area (Å²) >= 11 is 0. The molecule has 112 valence electrons. The summed E-state index contributed by atoms with van der Waals surface area (Å²) in [6, 6.07) is 28.4. The summed E-state index contributed by atoms with van der Waals surface area (Å²) < 4.78 is 0. The first-order valence-corrected chi connectivity index (χ1v) is 7.67. The van der Waals surface area contributed by atoms with Crippen molar-refractivity contribution in [3.8, 4) is 0 Å². The van der Waals surface area contributed by atoms with Gasteiger partial charge in [-0.15, -0.1) is 0 Å². The van der Waals surface area contributed by atoms with Gasteiger partial charge in [0.05, 0.1) is 0 Å². The highest BCUT2D eigenvalue weighted by molar-refractivity contribution is 5.97. The topological polar surface area (TPSA) is 17.1 Å². The molecular formula is C22H18O. The molecule has 0 radical (unpaired) electrons. The van der Waals surface area contributed by atoms with Gasteiger partial charge in [-0.1, -0.05) is 84.9 Å². The molecule has 0 unspecified atom stereocenters. The number of aryl methyl sites for hydroxylation is 1. The summed E-state index contributed by atoms with van der Waals surface area (Å²) in [5.41, 5.74) is 2.11. The second-order valence-corrected chi connectivity index (χ2v) is 5.48. The van der Waals surface area contributed by atoms with Crippen LogP contribution in [0.1, 0.15) is 15.9 Å². The van der Waals surface area contributed by atoms with E-state index in [0.29, 0.717) is 0 Å². The van der Waals surface area contributed by atoms with E-state index in [4.69, 9.17) is 0 Å². The molecule has 0 aliphatic heterocycles. The van der Waals surface area contributed by atoms with E-state index in [1.54, 1.807) is 0 Å².